The highest BCUT2D eigenvalue weighted by Gasteiger charge is 2.08. The first-order chi connectivity index (χ1) is 8.54. The molecule has 0 aliphatic heterocycles. The molecule has 6 heteroatoms. The molecular formula is C12H13BrN2O3. The van der Waals surface area contributed by atoms with Gasteiger partial charge in [0.2, 0.25) is 5.91 Å². The predicted octanol–water partition coefficient (Wildman–Crippen LogP) is 1.86. The summed E-state index contributed by atoms with van der Waals surface area (Å²) in [6.07, 6.45) is 1.66. The minimum absolute atomic E-state index is 0.157. The van der Waals surface area contributed by atoms with Gasteiger partial charge < -0.3 is 15.7 Å². The van der Waals surface area contributed by atoms with Crippen molar-refractivity contribution in [2.24, 2.45) is 0 Å². The molecule has 0 spiro atoms. The first kappa shape index (κ1) is 14.4. The van der Waals surface area contributed by atoms with Crippen LogP contribution in [0.25, 0.3) is 0 Å². The van der Waals surface area contributed by atoms with Crippen LogP contribution in [0.3, 0.4) is 0 Å². The van der Waals surface area contributed by atoms with Gasteiger partial charge in [-0.1, -0.05) is 6.08 Å². The fourth-order valence-electron chi connectivity index (χ4n) is 1.23. The monoisotopic (exact) mass is 312 g/mol. The number of aromatic carboxylic acids is 1. The van der Waals surface area contributed by atoms with E-state index < -0.39 is 5.97 Å². The number of carbonyl (C=O) groups is 2. The zero-order chi connectivity index (χ0) is 13.5. The Hall–Kier alpha value is -1.66. The van der Waals surface area contributed by atoms with Crippen molar-refractivity contribution in [2.45, 2.75) is 0 Å². The summed E-state index contributed by atoms with van der Waals surface area (Å²) in [6.45, 7) is 4.24. The smallest absolute Gasteiger partial charge is 0.335 e. The SMILES string of the molecule is C=CCNCC(=O)Nc1ccc(C(=O)O)cc1Br. The zero-order valence-electron chi connectivity index (χ0n) is 9.57. The van der Waals surface area contributed by atoms with Gasteiger partial charge in [0.05, 0.1) is 17.8 Å². The molecule has 1 rings (SSSR count). The summed E-state index contributed by atoms with van der Waals surface area (Å²) in [5.74, 6) is -1.22. The Kier molecular flexibility index (Phi) is 5.54. The third-order valence-electron chi connectivity index (χ3n) is 2.06. The maximum absolute atomic E-state index is 11.5. The third-order valence-corrected chi connectivity index (χ3v) is 2.72. The largest absolute Gasteiger partial charge is 0.478 e. The maximum Gasteiger partial charge on any atom is 0.335 e. The van der Waals surface area contributed by atoms with E-state index in [1.165, 1.54) is 12.1 Å². The van der Waals surface area contributed by atoms with Gasteiger partial charge in [0.25, 0.3) is 0 Å². The molecule has 0 bridgehead atoms. The molecule has 5 nitrogen and oxygen atoms in total. The van der Waals surface area contributed by atoms with E-state index >= 15 is 0 Å². The minimum atomic E-state index is -1.01. The molecule has 0 aliphatic rings. The third kappa shape index (κ3) is 4.31. The van der Waals surface area contributed by atoms with Crippen molar-refractivity contribution in [1.82, 2.24) is 5.32 Å². The molecule has 0 radical (unpaired) electrons. The van der Waals surface area contributed by atoms with Crippen molar-refractivity contribution in [3.63, 3.8) is 0 Å². The van der Waals surface area contributed by atoms with E-state index in [4.69, 9.17) is 5.11 Å². The number of carbonyl (C=O) groups excluding carboxylic acids is 1. The second-order valence-corrected chi connectivity index (χ2v) is 4.32. The average Bonchev–Trinajstić information content (AvgIpc) is 2.32. The van der Waals surface area contributed by atoms with E-state index in [1.807, 2.05) is 0 Å². The topological polar surface area (TPSA) is 78.4 Å². The van der Waals surface area contributed by atoms with E-state index in [-0.39, 0.29) is 18.0 Å². The van der Waals surface area contributed by atoms with E-state index in [9.17, 15) is 9.59 Å². The van der Waals surface area contributed by atoms with Crippen LogP contribution < -0.4 is 10.6 Å². The van der Waals surface area contributed by atoms with Crippen LogP contribution in [0.4, 0.5) is 5.69 Å². The molecule has 0 unspecified atom stereocenters. The zero-order valence-corrected chi connectivity index (χ0v) is 11.2. The molecule has 0 saturated heterocycles. The Bertz CT molecular complexity index is 474. The highest BCUT2D eigenvalue weighted by molar-refractivity contribution is 9.10. The summed E-state index contributed by atoms with van der Waals surface area (Å²) >= 11 is 3.21. The van der Waals surface area contributed by atoms with Gasteiger partial charge in [0.15, 0.2) is 0 Å². The van der Waals surface area contributed by atoms with Crippen LogP contribution in [0.15, 0.2) is 35.3 Å². The lowest BCUT2D eigenvalue weighted by molar-refractivity contribution is -0.115. The lowest BCUT2D eigenvalue weighted by Gasteiger charge is -2.08. The number of amides is 1. The standard InChI is InChI=1S/C12H13BrN2O3/c1-2-5-14-7-11(16)15-10-4-3-8(12(17)18)6-9(10)13/h2-4,6,14H,1,5,7H2,(H,15,16)(H,17,18). The van der Waals surface area contributed by atoms with Crippen molar-refractivity contribution >= 4 is 33.5 Å². The van der Waals surface area contributed by atoms with Gasteiger partial charge in [-0.15, -0.1) is 6.58 Å². The Labute approximate surface area is 113 Å². The van der Waals surface area contributed by atoms with Gasteiger partial charge in [-0.05, 0) is 34.1 Å². The number of anilines is 1. The fraction of sp³-hybridized carbons (Fsp3) is 0.167. The molecule has 0 atom stereocenters. The van der Waals surface area contributed by atoms with Crippen LogP contribution in [0.2, 0.25) is 0 Å². The van der Waals surface area contributed by atoms with Crippen LogP contribution in [-0.2, 0) is 4.79 Å². The normalized spacial score (nSPS) is 9.83. The minimum Gasteiger partial charge on any atom is -0.478 e. The van der Waals surface area contributed by atoms with Crippen LogP contribution in [0.1, 0.15) is 10.4 Å². The number of halogens is 1. The van der Waals surface area contributed by atoms with Crippen LogP contribution in [0, 0.1) is 0 Å². The molecule has 0 fully saturated rings. The van der Waals surface area contributed by atoms with Crippen molar-refractivity contribution in [2.75, 3.05) is 18.4 Å². The molecule has 1 amide bonds. The highest BCUT2D eigenvalue weighted by atomic mass is 79.9. The van der Waals surface area contributed by atoms with Gasteiger partial charge in [-0.2, -0.15) is 0 Å². The van der Waals surface area contributed by atoms with Crippen LogP contribution in [-0.4, -0.2) is 30.1 Å². The molecule has 3 N–H and O–H groups in total. The van der Waals surface area contributed by atoms with Crippen LogP contribution >= 0.6 is 15.9 Å². The molecule has 18 heavy (non-hydrogen) atoms. The highest BCUT2D eigenvalue weighted by Crippen LogP contribution is 2.23. The first-order valence-electron chi connectivity index (χ1n) is 5.19. The number of carboxylic acids is 1. The van der Waals surface area contributed by atoms with Gasteiger partial charge >= 0.3 is 5.97 Å². The number of hydrogen-bond donors (Lipinski definition) is 3. The summed E-state index contributed by atoms with van der Waals surface area (Å²) in [7, 11) is 0. The maximum atomic E-state index is 11.5. The predicted molar refractivity (Wildman–Crippen MR) is 72.8 cm³/mol. The summed E-state index contributed by atoms with van der Waals surface area (Å²) < 4.78 is 0.527. The lowest BCUT2D eigenvalue weighted by atomic mass is 10.2. The number of nitrogens with one attached hydrogen (secondary N) is 2. The Morgan fingerprint density at radius 1 is 1.44 bits per heavy atom. The summed E-state index contributed by atoms with van der Waals surface area (Å²) in [5, 5.41) is 14.3. The molecule has 1 aromatic rings. The molecule has 0 saturated carbocycles. The van der Waals surface area contributed by atoms with E-state index in [0.717, 1.165) is 0 Å². The second kappa shape index (κ2) is 6.93. The van der Waals surface area contributed by atoms with Crippen molar-refractivity contribution in [3.8, 4) is 0 Å². The molecule has 96 valence electrons. The average molecular weight is 313 g/mol. The molecule has 1 aromatic carbocycles. The number of hydrogen-bond acceptors (Lipinski definition) is 3. The van der Waals surface area contributed by atoms with Crippen molar-refractivity contribution < 1.29 is 14.7 Å². The summed E-state index contributed by atoms with van der Waals surface area (Å²) in [5.41, 5.74) is 0.690. The van der Waals surface area contributed by atoms with Gasteiger partial charge in [0, 0.05) is 11.0 Å². The van der Waals surface area contributed by atoms with Crippen molar-refractivity contribution in [3.05, 3.63) is 40.9 Å². The first-order valence-corrected chi connectivity index (χ1v) is 5.98. The van der Waals surface area contributed by atoms with Gasteiger partial charge in [-0.3, -0.25) is 4.79 Å². The summed E-state index contributed by atoms with van der Waals surface area (Å²) in [6, 6.07) is 4.41. The number of rotatable bonds is 6. The molecular weight excluding hydrogens is 300 g/mol. The summed E-state index contributed by atoms with van der Waals surface area (Å²) in [4.78, 5) is 22.2. The molecule has 0 aromatic heterocycles. The Morgan fingerprint density at radius 2 is 2.17 bits per heavy atom. The molecule has 0 aliphatic carbocycles. The van der Waals surface area contributed by atoms with Crippen molar-refractivity contribution in [1.29, 1.82) is 0 Å². The van der Waals surface area contributed by atoms with E-state index in [1.54, 1.807) is 12.1 Å². The number of benzene rings is 1. The molecule has 0 heterocycles. The van der Waals surface area contributed by atoms with Gasteiger partial charge in [-0.25, -0.2) is 4.79 Å². The van der Waals surface area contributed by atoms with E-state index in [2.05, 4.69) is 33.1 Å². The fourth-order valence-corrected chi connectivity index (χ4v) is 1.71. The quantitative estimate of drug-likeness (QED) is 0.553. The number of carboxylic acid groups (broad SMARTS) is 1. The lowest BCUT2D eigenvalue weighted by Crippen LogP contribution is -2.28. The Balaban J connectivity index is 2.65. The van der Waals surface area contributed by atoms with E-state index in [0.29, 0.717) is 16.7 Å². The Morgan fingerprint density at radius 3 is 2.72 bits per heavy atom. The van der Waals surface area contributed by atoms with Gasteiger partial charge in [0.1, 0.15) is 0 Å². The van der Waals surface area contributed by atoms with Crippen LogP contribution in [0.5, 0.6) is 0 Å². The second-order valence-electron chi connectivity index (χ2n) is 3.47.